The Balaban J connectivity index is 1.36. The quantitative estimate of drug-likeness (QED) is 0.454. The second-order valence-electron chi connectivity index (χ2n) is 9.05. The number of anilines is 3. The predicted octanol–water partition coefficient (Wildman–Crippen LogP) is 2.62. The Kier molecular flexibility index (Phi) is 6.58. The van der Waals surface area contributed by atoms with Crippen LogP contribution in [0.1, 0.15) is 18.1 Å². The monoisotopic (exact) mass is 494 g/mol. The van der Waals surface area contributed by atoms with Gasteiger partial charge in [0.05, 0.1) is 55.2 Å². The molecule has 3 aromatic rings. The Bertz CT molecular complexity index is 1270. The molecule has 0 bridgehead atoms. The van der Waals surface area contributed by atoms with Gasteiger partial charge in [0.1, 0.15) is 6.07 Å². The van der Waals surface area contributed by atoms with Crippen molar-refractivity contribution in [1.29, 1.82) is 5.26 Å². The molecule has 2 aromatic heterocycles. The first-order valence-electron chi connectivity index (χ1n) is 11.6. The van der Waals surface area contributed by atoms with Gasteiger partial charge in [-0.15, -0.1) is 0 Å². The number of nitrogens with zero attached hydrogens (tertiary/aromatic N) is 6. The number of aliphatic hydroxyl groups excluding tert-OH is 1. The van der Waals surface area contributed by atoms with Crippen molar-refractivity contribution in [3.63, 3.8) is 0 Å². The Morgan fingerprint density at radius 2 is 2.14 bits per heavy atom. The average molecular weight is 495 g/mol. The molecule has 2 aliphatic rings. The molecular weight excluding hydrogens is 468 g/mol. The SMILES string of the molecule is C[C@]1(CO)CNc2c(C#N)cc(-c3ccnc(Nc4cnn(CCN5CCOCC5)c4Cl)n3)cc21. The molecule has 2 aliphatic heterocycles. The molecule has 10 nitrogen and oxygen atoms in total. The van der Waals surface area contributed by atoms with E-state index < -0.39 is 5.41 Å². The van der Waals surface area contributed by atoms with Crippen LogP contribution in [0.3, 0.4) is 0 Å². The van der Waals surface area contributed by atoms with Crippen molar-refractivity contribution in [2.75, 3.05) is 56.6 Å². The Morgan fingerprint density at radius 3 is 2.91 bits per heavy atom. The molecular formula is C24H27ClN8O2. The zero-order valence-electron chi connectivity index (χ0n) is 19.5. The standard InChI is InChI=1S/C24H27ClN8O2/c1-24(15-34)14-28-21-17(12-26)10-16(11-18(21)24)19-2-3-27-23(30-19)31-20-13-29-33(22(20)25)5-4-32-6-8-35-9-7-32/h2-3,10-11,13,28,34H,4-9,14-15H2,1H3,(H,27,30,31)/t24-/m1/s1. The lowest BCUT2D eigenvalue weighted by Crippen LogP contribution is -2.38. The molecule has 4 heterocycles. The average Bonchev–Trinajstić information content (AvgIpc) is 3.42. The van der Waals surface area contributed by atoms with Gasteiger partial charge in [-0.1, -0.05) is 18.5 Å². The number of hydrogen-bond donors (Lipinski definition) is 3. The minimum Gasteiger partial charge on any atom is -0.395 e. The summed E-state index contributed by atoms with van der Waals surface area (Å²) in [6, 6.07) is 7.83. The van der Waals surface area contributed by atoms with Crippen LogP contribution in [0, 0.1) is 11.3 Å². The number of fused-ring (bicyclic) bond motifs is 1. The molecule has 0 amide bonds. The lowest BCUT2D eigenvalue weighted by molar-refractivity contribution is 0.0360. The van der Waals surface area contributed by atoms with Gasteiger partial charge in [0.15, 0.2) is 5.15 Å². The van der Waals surface area contributed by atoms with Crippen molar-refractivity contribution in [3.05, 3.63) is 46.9 Å². The highest BCUT2D eigenvalue weighted by Crippen LogP contribution is 2.41. The highest BCUT2D eigenvalue weighted by molar-refractivity contribution is 6.32. The fraction of sp³-hybridized carbons (Fsp3) is 0.417. The third-order valence-electron chi connectivity index (χ3n) is 6.62. The molecule has 0 aliphatic carbocycles. The Labute approximate surface area is 208 Å². The third-order valence-corrected chi connectivity index (χ3v) is 7.02. The van der Waals surface area contributed by atoms with E-state index in [2.05, 4.69) is 36.7 Å². The fourth-order valence-electron chi connectivity index (χ4n) is 4.44. The van der Waals surface area contributed by atoms with Crippen molar-refractivity contribution in [2.24, 2.45) is 0 Å². The zero-order valence-corrected chi connectivity index (χ0v) is 20.2. The fourth-order valence-corrected chi connectivity index (χ4v) is 4.66. The summed E-state index contributed by atoms with van der Waals surface area (Å²) in [5, 5.41) is 31.0. The van der Waals surface area contributed by atoms with Crippen LogP contribution in [-0.4, -0.2) is 75.8 Å². The number of nitriles is 1. The first kappa shape index (κ1) is 23.5. The summed E-state index contributed by atoms with van der Waals surface area (Å²) in [5.41, 5.74) is 3.80. The van der Waals surface area contributed by atoms with Gasteiger partial charge in [-0.2, -0.15) is 10.4 Å². The molecule has 0 spiro atoms. The van der Waals surface area contributed by atoms with Crippen LogP contribution < -0.4 is 10.6 Å². The Morgan fingerprint density at radius 1 is 1.31 bits per heavy atom. The van der Waals surface area contributed by atoms with E-state index in [0.717, 1.165) is 49.7 Å². The number of rotatable bonds is 7. The van der Waals surface area contributed by atoms with Gasteiger partial charge in [-0.25, -0.2) is 9.97 Å². The molecule has 182 valence electrons. The molecule has 0 radical (unpaired) electrons. The lowest BCUT2D eigenvalue weighted by Gasteiger charge is -2.26. The van der Waals surface area contributed by atoms with Gasteiger partial charge >= 0.3 is 0 Å². The summed E-state index contributed by atoms with van der Waals surface area (Å²) >= 11 is 6.57. The number of benzene rings is 1. The summed E-state index contributed by atoms with van der Waals surface area (Å²) < 4.78 is 7.15. The van der Waals surface area contributed by atoms with E-state index in [1.165, 1.54) is 0 Å². The van der Waals surface area contributed by atoms with Gasteiger partial charge in [0.2, 0.25) is 5.95 Å². The molecule has 5 rings (SSSR count). The van der Waals surface area contributed by atoms with E-state index in [4.69, 9.17) is 16.3 Å². The van der Waals surface area contributed by atoms with E-state index in [1.807, 2.05) is 13.0 Å². The van der Waals surface area contributed by atoms with Crippen LogP contribution in [0.2, 0.25) is 5.15 Å². The van der Waals surface area contributed by atoms with E-state index in [0.29, 0.717) is 41.1 Å². The van der Waals surface area contributed by atoms with Crippen molar-refractivity contribution < 1.29 is 9.84 Å². The summed E-state index contributed by atoms with van der Waals surface area (Å²) in [5.74, 6) is 0.374. The number of aromatic nitrogens is 4. The number of nitrogens with one attached hydrogen (secondary N) is 2. The van der Waals surface area contributed by atoms with Gasteiger partial charge < -0.3 is 20.5 Å². The predicted molar refractivity (Wildman–Crippen MR) is 133 cm³/mol. The molecule has 1 saturated heterocycles. The topological polar surface area (TPSA) is 124 Å². The molecule has 0 saturated carbocycles. The summed E-state index contributed by atoms with van der Waals surface area (Å²) in [6.07, 6.45) is 3.32. The molecule has 1 atom stereocenters. The number of aliphatic hydroxyl groups is 1. The van der Waals surface area contributed by atoms with E-state index in [1.54, 1.807) is 29.2 Å². The molecule has 11 heteroatoms. The number of halogens is 1. The first-order valence-corrected chi connectivity index (χ1v) is 11.9. The van der Waals surface area contributed by atoms with Crippen molar-refractivity contribution in [2.45, 2.75) is 18.9 Å². The van der Waals surface area contributed by atoms with E-state index >= 15 is 0 Å². The summed E-state index contributed by atoms with van der Waals surface area (Å²) in [6.45, 7) is 7.37. The van der Waals surface area contributed by atoms with Gasteiger partial charge in [-0.3, -0.25) is 9.58 Å². The normalized spacial score (nSPS) is 19.7. The largest absolute Gasteiger partial charge is 0.395 e. The molecule has 35 heavy (non-hydrogen) atoms. The van der Waals surface area contributed by atoms with E-state index in [9.17, 15) is 10.4 Å². The van der Waals surface area contributed by atoms with E-state index in [-0.39, 0.29) is 6.61 Å². The number of hydrogen-bond acceptors (Lipinski definition) is 9. The zero-order chi connectivity index (χ0) is 24.4. The first-order chi connectivity index (χ1) is 17.0. The maximum Gasteiger partial charge on any atom is 0.227 e. The van der Waals surface area contributed by atoms with Crippen LogP contribution in [0.15, 0.2) is 30.6 Å². The second-order valence-corrected chi connectivity index (χ2v) is 9.41. The summed E-state index contributed by atoms with van der Waals surface area (Å²) in [4.78, 5) is 11.3. The van der Waals surface area contributed by atoms with Crippen LogP contribution in [0.25, 0.3) is 11.3 Å². The highest BCUT2D eigenvalue weighted by Gasteiger charge is 2.36. The van der Waals surface area contributed by atoms with Gasteiger partial charge in [0, 0.05) is 43.4 Å². The molecule has 3 N–H and O–H groups in total. The minimum atomic E-state index is -0.464. The highest BCUT2D eigenvalue weighted by atomic mass is 35.5. The summed E-state index contributed by atoms with van der Waals surface area (Å²) in [7, 11) is 0. The third kappa shape index (κ3) is 4.68. The van der Waals surface area contributed by atoms with Crippen LogP contribution in [-0.2, 0) is 16.7 Å². The van der Waals surface area contributed by atoms with Crippen LogP contribution in [0.5, 0.6) is 0 Å². The van der Waals surface area contributed by atoms with Gasteiger partial charge in [0.25, 0.3) is 0 Å². The maximum absolute atomic E-state index is 9.96. The minimum absolute atomic E-state index is 0.0219. The van der Waals surface area contributed by atoms with Gasteiger partial charge in [-0.05, 0) is 23.8 Å². The van der Waals surface area contributed by atoms with Crippen molar-refractivity contribution in [3.8, 4) is 17.3 Å². The molecule has 1 fully saturated rings. The number of ether oxygens (including phenoxy) is 1. The maximum atomic E-state index is 9.96. The Hall–Kier alpha value is -3.23. The smallest absolute Gasteiger partial charge is 0.227 e. The molecule has 0 unspecified atom stereocenters. The second kappa shape index (κ2) is 9.79. The molecule has 1 aromatic carbocycles. The van der Waals surface area contributed by atoms with Crippen molar-refractivity contribution in [1.82, 2.24) is 24.6 Å². The van der Waals surface area contributed by atoms with Crippen molar-refractivity contribution >= 4 is 28.9 Å². The number of morpholine rings is 1. The lowest BCUT2D eigenvalue weighted by atomic mass is 9.83. The van der Waals surface area contributed by atoms with Crippen LogP contribution >= 0.6 is 11.6 Å². The van der Waals surface area contributed by atoms with Crippen LogP contribution in [0.4, 0.5) is 17.3 Å².